The van der Waals surface area contributed by atoms with Crippen LogP contribution in [0, 0.1) is 0 Å². The van der Waals surface area contributed by atoms with Crippen LogP contribution in [0.2, 0.25) is 0 Å². The summed E-state index contributed by atoms with van der Waals surface area (Å²) in [6.07, 6.45) is 0.857. The van der Waals surface area contributed by atoms with Gasteiger partial charge in [-0.15, -0.1) is 11.3 Å². The standard InChI is InChI=1S/C15H15NO5S2/c1-23(20,21)11-6-4-10(5-7-11)15(19)16-12(9-14(17)18)13-3-2-8-22-13/h2-8,12H,9H2,1H3,(H,16,19)(H,17,18)/t12-/m0/s1. The van der Waals surface area contributed by atoms with E-state index in [0.717, 1.165) is 11.1 Å². The highest BCUT2D eigenvalue weighted by Crippen LogP contribution is 2.22. The van der Waals surface area contributed by atoms with Crippen LogP contribution in [-0.4, -0.2) is 31.7 Å². The van der Waals surface area contributed by atoms with Gasteiger partial charge in [-0.2, -0.15) is 0 Å². The summed E-state index contributed by atoms with van der Waals surface area (Å²) in [5, 5.41) is 13.4. The van der Waals surface area contributed by atoms with Crippen LogP contribution in [0.25, 0.3) is 0 Å². The normalized spacial score (nSPS) is 12.6. The molecule has 0 aliphatic heterocycles. The van der Waals surface area contributed by atoms with Crippen LogP contribution in [0.5, 0.6) is 0 Å². The molecule has 0 fully saturated rings. The van der Waals surface area contributed by atoms with Crippen LogP contribution in [0.1, 0.15) is 27.7 Å². The highest BCUT2D eigenvalue weighted by atomic mass is 32.2. The third kappa shape index (κ3) is 4.64. The van der Waals surface area contributed by atoms with Crippen molar-refractivity contribution in [2.75, 3.05) is 6.26 Å². The van der Waals surface area contributed by atoms with Crippen molar-refractivity contribution in [2.24, 2.45) is 0 Å². The van der Waals surface area contributed by atoms with E-state index >= 15 is 0 Å². The fraction of sp³-hybridized carbons (Fsp3) is 0.200. The van der Waals surface area contributed by atoms with Crippen LogP contribution in [0.3, 0.4) is 0 Å². The van der Waals surface area contributed by atoms with Crippen molar-refractivity contribution in [3.8, 4) is 0 Å². The van der Waals surface area contributed by atoms with E-state index in [1.54, 1.807) is 17.5 Å². The third-order valence-electron chi connectivity index (χ3n) is 3.12. The topological polar surface area (TPSA) is 101 Å². The molecule has 0 radical (unpaired) electrons. The molecule has 0 aliphatic rings. The number of carbonyl (C=O) groups is 2. The maximum absolute atomic E-state index is 12.2. The minimum atomic E-state index is -3.33. The second-order valence-electron chi connectivity index (χ2n) is 4.94. The van der Waals surface area contributed by atoms with Crippen LogP contribution in [0.4, 0.5) is 0 Å². The summed E-state index contributed by atoms with van der Waals surface area (Å²) in [4.78, 5) is 24.1. The molecule has 1 atom stereocenters. The van der Waals surface area contributed by atoms with Gasteiger partial charge in [0.25, 0.3) is 5.91 Å². The molecular formula is C15H15NO5S2. The van der Waals surface area contributed by atoms with Gasteiger partial charge in [-0.3, -0.25) is 9.59 Å². The number of sulfone groups is 1. The second kappa shape index (κ2) is 6.93. The molecule has 2 N–H and O–H groups in total. The molecule has 6 nitrogen and oxygen atoms in total. The van der Waals surface area contributed by atoms with E-state index in [1.807, 2.05) is 0 Å². The van der Waals surface area contributed by atoms with Crippen molar-refractivity contribution in [1.82, 2.24) is 5.32 Å². The number of carboxylic acid groups (broad SMARTS) is 1. The van der Waals surface area contributed by atoms with Gasteiger partial charge in [0.2, 0.25) is 0 Å². The second-order valence-corrected chi connectivity index (χ2v) is 7.93. The van der Waals surface area contributed by atoms with Gasteiger partial charge < -0.3 is 10.4 Å². The fourth-order valence-corrected chi connectivity index (χ4v) is 3.39. The Balaban J connectivity index is 2.17. The van der Waals surface area contributed by atoms with E-state index in [0.29, 0.717) is 0 Å². The predicted octanol–water partition coefficient (Wildman–Crippen LogP) is 2.10. The zero-order chi connectivity index (χ0) is 17.0. The van der Waals surface area contributed by atoms with Crippen molar-refractivity contribution in [1.29, 1.82) is 0 Å². The zero-order valence-electron chi connectivity index (χ0n) is 12.2. The maximum Gasteiger partial charge on any atom is 0.305 e. The van der Waals surface area contributed by atoms with E-state index < -0.39 is 27.8 Å². The number of hydrogen-bond acceptors (Lipinski definition) is 5. The van der Waals surface area contributed by atoms with E-state index in [1.165, 1.54) is 35.6 Å². The molecule has 2 rings (SSSR count). The number of benzene rings is 1. The lowest BCUT2D eigenvalue weighted by atomic mass is 10.1. The van der Waals surface area contributed by atoms with Gasteiger partial charge in [-0.1, -0.05) is 6.07 Å². The summed E-state index contributed by atoms with van der Waals surface area (Å²) in [5.74, 6) is -1.47. The Morgan fingerprint density at radius 2 is 1.87 bits per heavy atom. The van der Waals surface area contributed by atoms with Gasteiger partial charge in [0, 0.05) is 16.7 Å². The molecule has 1 aromatic heterocycles. The molecule has 1 aromatic carbocycles. The maximum atomic E-state index is 12.2. The van der Waals surface area contributed by atoms with Gasteiger partial charge in [0.1, 0.15) is 0 Å². The van der Waals surface area contributed by atoms with E-state index in [9.17, 15) is 18.0 Å². The number of amides is 1. The number of aliphatic carboxylic acids is 1. The van der Waals surface area contributed by atoms with Crippen LogP contribution in [0.15, 0.2) is 46.7 Å². The molecule has 0 aliphatic carbocycles. The smallest absolute Gasteiger partial charge is 0.305 e. The Kier molecular flexibility index (Phi) is 5.17. The Morgan fingerprint density at radius 1 is 1.22 bits per heavy atom. The number of nitrogens with one attached hydrogen (secondary N) is 1. The van der Waals surface area contributed by atoms with Crippen LogP contribution in [-0.2, 0) is 14.6 Å². The minimum absolute atomic E-state index is 0.120. The van der Waals surface area contributed by atoms with E-state index in [-0.39, 0.29) is 16.9 Å². The lowest BCUT2D eigenvalue weighted by Gasteiger charge is -2.15. The van der Waals surface area contributed by atoms with Gasteiger partial charge >= 0.3 is 5.97 Å². The zero-order valence-corrected chi connectivity index (χ0v) is 13.9. The van der Waals surface area contributed by atoms with Crippen molar-refractivity contribution < 1.29 is 23.1 Å². The first-order valence-corrected chi connectivity index (χ1v) is 9.40. The van der Waals surface area contributed by atoms with Crippen molar-refractivity contribution in [3.05, 3.63) is 52.2 Å². The SMILES string of the molecule is CS(=O)(=O)c1ccc(C(=O)N[C@@H](CC(=O)O)c2cccs2)cc1. The molecule has 8 heteroatoms. The average Bonchev–Trinajstić information content (AvgIpc) is 2.99. The minimum Gasteiger partial charge on any atom is -0.481 e. The van der Waals surface area contributed by atoms with Gasteiger partial charge in [-0.25, -0.2) is 8.42 Å². The quantitative estimate of drug-likeness (QED) is 0.828. The Bertz CT molecular complexity index is 795. The first kappa shape index (κ1) is 17.2. The number of thiophene rings is 1. The first-order chi connectivity index (χ1) is 10.8. The first-order valence-electron chi connectivity index (χ1n) is 6.63. The summed E-state index contributed by atoms with van der Waals surface area (Å²) in [6.45, 7) is 0. The lowest BCUT2D eigenvalue weighted by Crippen LogP contribution is -2.29. The number of carbonyl (C=O) groups excluding carboxylic acids is 1. The summed E-state index contributed by atoms with van der Waals surface area (Å²) >= 11 is 1.36. The number of hydrogen-bond donors (Lipinski definition) is 2. The van der Waals surface area contributed by atoms with Crippen LogP contribution >= 0.6 is 11.3 Å². The Morgan fingerprint density at radius 3 is 2.35 bits per heavy atom. The molecule has 122 valence electrons. The molecule has 0 unspecified atom stereocenters. The van der Waals surface area contributed by atoms with Gasteiger partial charge in [0.15, 0.2) is 9.84 Å². The Labute approximate surface area is 137 Å². The lowest BCUT2D eigenvalue weighted by molar-refractivity contribution is -0.137. The van der Waals surface area contributed by atoms with E-state index in [2.05, 4.69) is 5.32 Å². The predicted molar refractivity (Wildman–Crippen MR) is 86.3 cm³/mol. The largest absolute Gasteiger partial charge is 0.481 e. The molecule has 0 saturated heterocycles. The highest BCUT2D eigenvalue weighted by molar-refractivity contribution is 7.90. The molecule has 0 saturated carbocycles. The summed E-state index contributed by atoms with van der Waals surface area (Å²) in [7, 11) is -3.33. The summed E-state index contributed by atoms with van der Waals surface area (Å²) in [6, 6.07) is 8.40. The summed E-state index contributed by atoms with van der Waals surface area (Å²) in [5.41, 5.74) is 0.268. The van der Waals surface area contributed by atoms with Crippen molar-refractivity contribution in [2.45, 2.75) is 17.4 Å². The third-order valence-corrected chi connectivity index (χ3v) is 5.23. The highest BCUT2D eigenvalue weighted by Gasteiger charge is 2.20. The fourth-order valence-electron chi connectivity index (χ4n) is 1.98. The molecule has 2 aromatic rings. The van der Waals surface area contributed by atoms with Gasteiger partial charge in [-0.05, 0) is 35.7 Å². The van der Waals surface area contributed by atoms with E-state index in [4.69, 9.17) is 5.11 Å². The summed E-state index contributed by atoms with van der Waals surface area (Å²) < 4.78 is 22.8. The van der Waals surface area contributed by atoms with Crippen molar-refractivity contribution >= 4 is 33.1 Å². The van der Waals surface area contributed by atoms with Gasteiger partial charge in [0.05, 0.1) is 17.4 Å². The molecule has 0 spiro atoms. The van der Waals surface area contributed by atoms with Crippen LogP contribution < -0.4 is 5.32 Å². The molecule has 1 heterocycles. The average molecular weight is 353 g/mol. The van der Waals surface area contributed by atoms with Crippen molar-refractivity contribution in [3.63, 3.8) is 0 Å². The number of carboxylic acids is 1. The molecule has 0 bridgehead atoms. The number of rotatable bonds is 6. The molecule has 1 amide bonds. The molecule has 23 heavy (non-hydrogen) atoms. The monoisotopic (exact) mass is 353 g/mol. The Hall–Kier alpha value is -2.19. The molecular weight excluding hydrogens is 338 g/mol.